The van der Waals surface area contributed by atoms with Crippen molar-refractivity contribution in [3.8, 4) is 0 Å². The van der Waals surface area contributed by atoms with E-state index in [2.05, 4.69) is 19.1 Å². The average Bonchev–Trinajstić information content (AvgIpc) is 2.57. The zero-order valence-corrected chi connectivity index (χ0v) is 16.6. The summed E-state index contributed by atoms with van der Waals surface area (Å²) in [6.07, 6.45) is 4.84. The van der Waals surface area contributed by atoms with Gasteiger partial charge in [-0.15, -0.1) is 0 Å². The Morgan fingerprint density at radius 2 is 1.72 bits per heavy atom. The van der Waals surface area contributed by atoms with E-state index >= 15 is 0 Å². The third kappa shape index (κ3) is 5.52. The Morgan fingerprint density at radius 3 is 2.24 bits per heavy atom. The van der Waals surface area contributed by atoms with Crippen LogP contribution in [0.3, 0.4) is 0 Å². The summed E-state index contributed by atoms with van der Waals surface area (Å²) in [5, 5.41) is 0.852. The fraction of sp³-hybridized carbons (Fsp3) is 0.600. The summed E-state index contributed by atoms with van der Waals surface area (Å²) in [6.45, 7) is 7.22. The van der Waals surface area contributed by atoms with Crippen molar-refractivity contribution in [2.75, 3.05) is 13.2 Å². The van der Waals surface area contributed by atoms with Crippen LogP contribution in [-0.2, 0) is 25.0 Å². The van der Waals surface area contributed by atoms with Crippen LogP contribution >= 0.6 is 7.60 Å². The molecule has 1 atom stereocenters. The maximum atomic E-state index is 13.1. The summed E-state index contributed by atoms with van der Waals surface area (Å²) < 4.78 is 30.4. The van der Waals surface area contributed by atoms with E-state index < -0.39 is 7.60 Å². The van der Waals surface area contributed by atoms with Gasteiger partial charge in [-0.3, -0.25) is 4.57 Å². The van der Waals surface area contributed by atoms with Crippen molar-refractivity contribution in [1.82, 2.24) is 0 Å². The lowest BCUT2D eigenvalue weighted by molar-refractivity contribution is 0.0519. The van der Waals surface area contributed by atoms with Gasteiger partial charge in [0.05, 0.1) is 25.9 Å². The highest BCUT2D eigenvalue weighted by molar-refractivity contribution is 7.58. The lowest BCUT2D eigenvalue weighted by Crippen LogP contribution is -2.23. The van der Waals surface area contributed by atoms with Crippen LogP contribution in [0.25, 0.3) is 0 Å². The van der Waals surface area contributed by atoms with Gasteiger partial charge in [-0.2, -0.15) is 0 Å². The molecule has 0 aromatic heterocycles. The summed E-state index contributed by atoms with van der Waals surface area (Å²) in [4.78, 5) is 0. The Bertz CT molecular complexity index is 587. The summed E-state index contributed by atoms with van der Waals surface area (Å²) >= 11 is 0. The molecule has 1 aliphatic carbocycles. The molecule has 0 heterocycles. The molecule has 0 bridgehead atoms. The highest BCUT2D eigenvalue weighted by atomic mass is 31.2. The Hall–Kier alpha value is -0.930. The molecule has 0 fully saturated rings. The van der Waals surface area contributed by atoms with E-state index in [1.807, 2.05) is 32.0 Å². The summed E-state index contributed by atoms with van der Waals surface area (Å²) in [5.74, 6) is 0. The van der Waals surface area contributed by atoms with Crippen LogP contribution in [0.2, 0.25) is 0 Å². The quantitative estimate of drug-likeness (QED) is 0.421. The second-order valence-electron chi connectivity index (χ2n) is 6.23. The topological polar surface area (TPSA) is 44.8 Å². The molecule has 1 aliphatic rings. The van der Waals surface area contributed by atoms with E-state index in [4.69, 9.17) is 13.8 Å². The zero-order valence-electron chi connectivity index (χ0n) is 15.7. The van der Waals surface area contributed by atoms with Gasteiger partial charge in [-0.05, 0) is 44.2 Å². The van der Waals surface area contributed by atoms with Crippen molar-refractivity contribution < 1.29 is 18.3 Å². The standard InChI is InChI=1S/C20H31O4P/c1-4-7-13-19(22-16-17-11-9-8-10-12-17)18-14-15-20(18)25(21,23-5-2)24-6-3/h8-12,19H,4-7,13-16H2,1-3H3. The van der Waals surface area contributed by atoms with Crippen LogP contribution in [0, 0.1) is 0 Å². The minimum Gasteiger partial charge on any atom is -0.369 e. The Labute approximate surface area is 152 Å². The van der Waals surface area contributed by atoms with Gasteiger partial charge in [0.1, 0.15) is 0 Å². The normalized spacial score (nSPS) is 16.0. The third-order valence-electron chi connectivity index (χ3n) is 4.43. The first-order valence-corrected chi connectivity index (χ1v) is 11.0. The van der Waals surface area contributed by atoms with Crippen molar-refractivity contribution in [3.63, 3.8) is 0 Å². The van der Waals surface area contributed by atoms with E-state index in [9.17, 15) is 4.57 Å². The monoisotopic (exact) mass is 366 g/mol. The first-order chi connectivity index (χ1) is 12.1. The van der Waals surface area contributed by atoms with Crippen LogP contribution in [0.5, 0.6) is 0 Å². The van der Waals surface area contributed by atoms with Gasteiger partial charge in [-0.25, -0.2) is 0 Å². The lowest BCUT2D eigenvalue weighted by Gasteiger charge is -2.34. The molecule has 1 unspecified atom stereocenters. The Morgan fingerprint density at radius 1 is 1.04 bits per heavy atom. The van der Waals surface area contributed by atoms with Crippen molar-refractivity contribution in [3.05, 3.63) is 46.8 Å². The summed E-state index contributed by atoms with van der Waals surface area (Å²) in [6, 6.07) is 10.2. The minimum atomic E-state index is -3.16. The first-order valence-electron chi connectivity index (χ1n) is 9.41. The molecule has 0 N–H and O–H groups in total. The number of ether oxygens (including phenoxy) is 1. The van der Waals surface area contributed by atoms with E-state index in [1.165, 1.54) is 0 Å². The second-order valence-corrected chi connectivity index (χ2v) is 8.28. The molecule has 1 aromatic rings. The number of hydrogen-bond acceptors (Lipinski definition) is 4. The molecule has 25 heavy (non-hydrogen) atoms. The molecule has 1 aromatic carbocycles. The Kier molecular flexibility index (Phi) is 8.38. The predicted octanol–water partition coefficient (Wildman–Crippen LogP) is 6.08. The van der Waals surface area contributed by atoms with Crippen LogP contribution in [-0.4, -0.2) is 19.3 Å². The average molecular weight is 366 g/mol. The molecule has 0 saturated heterocycles. The van der Waals surface area contributed by atoms with Crippen molar-refractivity contribution >= 4 is 7.60 Å². The molecule has 0 spiro atoms. The largest absolute Gasteiger partial charge is 0.369 e. The van der Waals surface area contributed by atoms with Crippen LogP contribution in [0.1, 0.15) is 58.4 Å². The third-order valence-corrected chi connectivity index (χ3v) is 6.80. The fourth-order valence-corrected chi connectivity index (χ4v) is 5.15. The van der Waals surface area contributed by atoms with Gasteiger partial charge in [0.2, 0.25) is 0 Å². The number of rotatable bonds is 12. The van der Waals surface area contributed by atoms with Gasteiger partial charge in [-0.1, -0.05) is 50.1 Å². The SMILES string of the molecule is CCCCC(OCc1ccccc1)C1=C(P(=O)(OCC)OCC)CC1. The first kappa shape index (κ1) is 20.4. The molecule has 0 aliphatic heterocycles. The molecular weight excluding hydrogens is 335 g/mol. The second kappa shape index (κ2) is 10.3. The summed E-state index contributed by atoms with van der Waals surface area (Å²) in [5.41, 5.74) is 2.29. The van der Waals surface area contributed by atoms with E-state index in [1.54, 1.807) is 0 Å². The highest BCUT2D eigenvalue weighted by Gasteiger charge is 2.39. The number of hydrogen-bond donors (Lipinski definition) is 0. The van der Waals surface area contributed by atoms with Crippen molar-refractivity contribution in [1.29, 1.82) is 0 Å². The highest BCUT2D eigenvalue weighted by Crippen LogP contribution is 2.63. The molecule has 0 radical (unpaired) electrons. The summed E-state index contributed by atoms with van der Waals surface area (Å²) in [7, 11) is -3.16. The van der Waals surface area contributed by atoms with E-state index in [0.29, 0.717) is 19.8 Å². The molecule has 5 heteroatoms. The fourth-order valence-electron chi connectivity index (χ4n) is 3.09. The lowest BCUT2D eigenvalue weighted by atomic mass is 9.90. The molecule has 2 rings (SSSR count). The van der Waals surface area contributed by atoms with E-state index in [0.717, 1.165) is 48.6 Å². The van der Waals surface area contributed by atoms with Crippen molar-refractivity contribution in [2.45, 2.75) is 65.6 Å². The van der Waals surface area contributed by atoms with Gasteiger partial charge < -0.3 is 13.8 Å². The zero-order chi connectivity index (χ0) is 18.1. The van der Waals surface area contributed by atoms with Gasteiger partial charge in [0, 0.05) is 5.31 Å². The molecule has 140 valence electrons. The molecule has 0 saturated carbocycles. The number of benzene rings is 1. The Balaban J connectivity index is 2.16. The van der Waals surface area contributed by atoms with Crippen LogP contribution in [0.15, 0.2) is 41.2 Å². The number of unbranched alkanes of at least 4 members (excludes halogenated alkanes) is 1. The molecular formula is C20H31O4P. The van der Waals surface area contributed by atoms with Crippen LogP contribution in [0.4, 0.5) is 0 Å². The van der Waals surface area contributed by atoms with Crippen LogP contribution < -0.4 is 0 Å². The maximum Gasteiger partial charge on any atom is 0.357 e. The van der Waals surface area contributed by atoms with Gasteiger partial charge in [0.25, 0.3) is 0 Å². The molecule has 4 nitrogen and oxygen atoms in total. The van der Waals surface area contributed by atoms with E-state index in [-0.39, 0.29) is 6.10 Å². The van der Waals surface area contributed by atoms with Gasteiger partial charge >= 0.3 is 7.60 Å². The minimum absolute atomic E-state index is 0.00172. The number of allylic oxidation sites excluding steroid dienone is 1. The van der Waals surface area contributed by atoms with Crippen molar-refractivity contribution in [2.24, 2.45) is 0 Å². The smallest absolute Gasteiger partial charge is 0.357 e. The molecule has 0 amide bonds. The van der Waals surface area contributed by atoms with Gasteiger partial charge in [0.15, 0.2) is 0 Å². The maximum absolute atomic E-state index is 13.1. The predicted molar refractivity (Wildman–Crippen MR) is 102 cm³/mol.